The number of hydrogen-bond acceptors (Lipinski definition) is 3. The second-order valence-corrected chi connectivity index (χ2v) is 5.22. The molecule has 0 aromatic carbocycles. The maximum Gasteiger partial charge on any atom is 0.0937 e. The first-order chi connectivity index (χ1) is 6.84. The molecule has 0 amide bonds. The van der Waals surface area contributed by atoms with E-state index in [1.807, 2.05) is 11.6 Å². The van der Waals surface area contributed by atoms with E-state index in [1.54, 1.807) is 11.3 Å². The number of rotatable bonds is 4. The van der Waals surface area contributed by atoms with Gasteiger partial charge in [-0.15, -0.1) is 11.3 Å². The Hall–Kier alpha value is -0.410. The molecule has 1 heterocycles. The molecule has 2 rings (SSSR count). The van der Waals surface area contributed by atoms with Crippen molar-refractivity contribution in [3.05, 3.63) is 16.6 Å². The zero-order valence-corrected chi connectivity index (χ0v) is 9.52. The third-order valence-electron chi connectivity index (χ3n) is 2.95. The molecule has 1 N–H and O–H groups in total. The molecule has 0 saturated heterocycles. The van der Waals surface area contributed by atoms with Gasteiger partial charge in [0.05, 0.1) is 5.01 Å². The molecule has 1 fully saturated rings. The van der Waals surface area contributed by atoms with Crippen molar-refractivity contribution >= 4 is 11.3 Å². The minimum Gasteiger partial charge on any atom is -0.314 e. The molecule has 1 aromatic rings. The van der Waals surface area contributed by atoms with Gasteiger partial charge in [-0.1, -0.05) is 6.92 Å². The summed E-state index contributed by atoms with van der Waals surface area (Å²) in [4.78, 5) is 4.27. The van der Waals surface area contributed by atoms with Crippen LogP contribution in [-0.2, 0) is 6.42 Å². The summed E-state index contributed by atoms with van der Waals surface area (Å²) >= 11 is 1.75. The Morgan fingerprint density at radius 3 is 3.14 bits per heavy atom. The average Bonchev–Trinajstić information content (AvgIpc) is 2.77. The van der Waals surface area contributed by atoms with Crippen LogP contribution in [0.15, 0.2) is 11.6 Å². The summed E-state index contributed by atoms with van der Waals surface area (Å²) in [5.41, 5.74) is 0. The van der Waals surface area contributed by atoms with Crippen LogP contribution in [0, 0.1) is 5.92 Å². The minimum absolute atomic E-state index is 0.768. The van der Waals surface area contributed by atoms with Crippen molar-refractivity contribution < 1.29 is 0 Å². The zero-order valence-electron chi connectivity index (χ0n) is 8.70. The molecule has 2 unspecified atom stereocenters. The number of nitrogens with zero attached hydrogens (tertiary/aromatic N) is 1. The first-order valence-electron chi connectivity index (χ1n) is 5.46. The molecule has 1 aliphatic carbocycles. The normalized spacial score (nSPS) is 26.9. The van der Waals surface area contributed by atoms with Crippen LogP contribution in [0.25, 0.3) is 0 Å². The lowest BCUT2D eigenvalue weighted by molar-refractivity contribution is 0.505. The third kappa shape index (κ3) is 2.79. The fraction of sp³-hybridized carbons (Fsp3) is 0.727. The Labute approximate surface area is 89.8 Å². The highest BCUT2D eigenvalue weighted by Gasteiger charge is 2.20. The second-order valence-electron chi connectivity index (χ2n) is 4.25. The molecule has 14 heavy (non-hydrogen) atoms. The average molecular weight is 210 g/mol. The van der Waals surface area contributed by atoms with E-state index in [1.165, 1.54) is 24.3 Å². The fourth-order valence-electron chi connectivity index (χ4n) is 2.15. The van der Waals surface area contributed by atoms with Crippen LogP contribution in [-0.4, -0.2) is 17.6 Å². The third-order valence-corrected chi connectivity index (χ3v) is 3.79. The molecule has 1 aromatic heterocycles. The van der Waals surface area contributed by atoms with Crippen molar-refractivity contribution in [3.63, 3.8) is 0 Å². The first-order valence-corrected chi connectivity index (χ1v) is 6.34. The fourth-order valence-corrected chi connectivity index (χ4v) is 2.77. The molecule has 1 saturated carbocycles. The van der Waals surface area contributed by atoms with Crippen molar-refractivity contribution in [2.24, 2.45) is 5.92 Å². The van der Waals surface area contributed by atoms with Crippen molar-refractivity contribution in [2.75, 3.05) is 6.54 Å². The van der Waals surface area contributed by atoms with Gasteiger partial charge in [-0.3, -0.25) is 0 Å². The molecular weight excluding hydrogens is 192 g/mol. The van der Waals surface area contributed by atoms with E-state index in [0.717, 1.165) is 24.9 Å². The molecule has 0 bridgehead atoms. The maximum absolute atomic E-state index is 4.27. The predicted octanol–water partition coefficient (Wildman–Crippen LogP) is 2.46. The Morgan fingerprint density at radius 1 is 1.57 bits per heavy atom. The van der Waals surface area contributed by atoms with E-state index in [0.29, 0.717) is 0 Å². The van der Waals surface area contributed by atoms with Gasteiger partial charge >= 0.3 is 0 Å². The first kappa shape index (κ1) is 10.1. The standard InChI is InChI=1S/C11H18N2S/c1-9-2-3-10(8-9)12-5-4-11-13-6-7-14-11/h6-7,9-10,12H,2-5,8H2,1H3. The van der Waals surface area contributed by atoms with Gasteiger partial charge in [0, 0.05) is 30.6 Å². The summed E-state index contributed by atoms with van der Waals surface area (Å²) in [5, 5.41) is 6.92. The quantitative estimate of drug-likeness (QED) is 0.825. The number of nitrogens with one attached hydrogen (secondary N) is 1. The summed E-state index contributed by atoms with van der Waals surface area (Å²) in [6.07, 6.45) is 7.09. The largest absolute Gasteiger partial charge is 0.314 e. The Balaban J connectivity index is 1.64. The van der Waals surface area contributed by atoms with Crippen molar-refractivity contribution in [1.82, 2.24) is 10.3 Å². The van der Waals surface area contributed by atoms with Gasteiger partial charge in [-0.2, -0.15) is 0 Å². The van der Waals surface area contributed by atoms with Gasteiger partial charge in [-0.05, 0) is 25.2 Å². The SMILES string of the molecule is CC1CCC(NCCc2nccs2)C1. The van der Waals surface area contributed by atoms with Crippen molar-refractivity contribution in [1.29, 1.82) is 0 Å². The summed E-state index contributed by atoms with van der Waals surface area (Å²) < 4.78 is 0. The van der Waals surface area contributed by atoms with Gasteiger partial charge in [0.25, 0.3) is 0 Å². The Morgan fingerprint density at radius 2 is 2.50 bits per heavy atom. The second kappa shape index (κ2) is 4.89. The van der Waals surface area contributed by atoms with Crippen molar-refractivity contribution in [3.8, 4) is 0 Å². The van der Waals surface area contributed by atoms with Gasteiger partial charge in [-0.25, -0.2) is 4.98 Å². The molecular formula is C11H18N2S. The lowest BCUT2D eigenvalue weighted by Crippen LogP contribution is -2.28. The van der Waals surface area contributed by atoms with E-state index in [4.69, 9.17) is 0 Å². The van der Waals surface area contributed by atoms with E-state index < -0.39 is 0 Å². The van der Waals surface area contributed by atoms with Gasteiger partial charge < -0.3 is 5.32 Å². The molecule has 78 valence electrons. The number of aromatic nitrogens is 1. The molecule has 0 radical (unpaired) electrons. The van der Waals surface area contributed by atoms with Crippen LogP contribution >= 0.6 is 11.3 Å². The monoisotopic (exact) mass is 210 g/mol. The van der Waals surface area contributed by atoms with Crippen LogP contribution in [0.1, 0.15) is 31.2 Å². The van der Waals surface area contributed by atoms with E-state index in [2.05, 4.69) is 17.2 Å². The summed E-state index contributed by atoms with van der Waals surface area (Å²) in [5.74, 6) is 0.923. The predicted molar refractivity (Wildman–Crippen MR) is 60.6 cm³/mol. The summed E-state index contributed by atoms with van der Waals surface area (Å²) in [6.45, 7) is 3.44. The molecule has 0 aliphatic heterocycles. The van der Waals surface area contributed by atoms with Crippen LogP contribution in [0.4, 0.5) is 0 Å². The van der Waals surface area contributed by atoms with Crippen LogP contribution in [0.2, 0.25) is 0 Å². The Bertz CT molecular complexity index is 258. The summed E-state index contributed by atoms with van der Waals surface area (Å²) in [6, 6.07) is 0.768. The van der Waals surface area contributed by atoms with Gasteiger partial charge in [0.2, 0.25) is 0 Å². The smallest absolute Gasteiger partial charge is 0.0937 e. The van der Waals surface area contributed by atoms with Gasteiger partial charge in [0.15, 0.2) is 0 Å². The lowest BCUT2D eigenvalue weighted by Gasteiger charge is -2.10. The van der Waals surface area contributed by atoms with Gasteiger partial charge in [0.1, 0.15) is 0 Å². The highest BCUT2D eigenvalue weighted by Crippen LogP contribution is 2.24. The highest BCUT2D eigenvalue weighted by molar-refractivity contribution is 7.09. The Kier molecular flexibility index (Phi) is 3.54. The van der Waals surface area contributed by atoms with Crippen LogP contribution in [0.3, 0.4) is 0 Å². The van der Waals surface area contributed by atoms with Crippen LogP contribution in [0.5, 0.6) is 0 Å². The van der Waals surface area contributed by atoms with E-state index in [-0.39, 0.29) is 0 Å². The highest BCUT2D eigenvalue weighted by atomic mass is 32.1. The van der Waals surface area contributed by atoms with Crippen LogP contribution < -0.4 is 5.32 Å². The molecule has 3 heteroatoms. The molecule has 2 atom stereocenters. The minimum atomic E-state index is 0.768. The lowest BCUT2D eigenvalue weighted by atomic mass is 10.1. The summed E-state index contributed by atoms with van der Waals surface area (Å²) in [7, 11) is 0. The topological polar surface area (TPSA) is 24.9 Å². The number of thiazole rings is 1. The van der Waals surface area contributed by atoms with Crippen molar-refractivity contribution in [2.45, 2.75) is 38.6 Å². The zero-order chi connectivity index (χ0) is 9.80. The molecule has 2 nitrogen and oxygen atoms in total. The number of hydrogen-bond donors (Lipinski definition) is 1. The van der Waals surface area contributed by atoms with E-state index >= 15 is 0 Å². The molecule has 0 spiro atoms. The molecule has 1 aliphatic rings. The maximum atomic E-state index is 4.27. The van der Waals surface area contributed by atoms with E-state index in [9.17, 15) is 0 Å².